The van der Waals surface area contributed by atoms with Crippen LogP contribution in [0.25, 0.3) is 44.5 Å². The van der Waals surface area contributed by atoms with Gasteiger partial charge in [0.15, 0.2) is 0 Å². The van der Waals surface area contributed by atoms with E-state index in [9.17, 15) is 0 Å². The number of hydrogen-bond donors (Lipinski definition) is 1. The second-order valence-corrected chi connectivity index (χ2v) is 8.46. The fourth-order valence-corrected chi connectivity index (χ4v) is 4.57. The lowest BCUT2D eigenvalue weighted by molar-refractivity contribution is 1.45. The molecule has 0 aromatic heterocycles. The molecular formula is C31H23N. The summed E-state index contributed by atoms with van der Waals surface area (Å²) in [6, 6.07) is 37.0. The summed E-state index contributed by atoms with van der Waals surface area (Å²) in [5.74, 6) is 0. The van der Waals surface area contributed by atoms with Crippen molar-refractivity contribution in [1.82, 2.24) is 0 Å². The molecule has 6 aromatic rings. The summed E-state index contributed by atoms with van der Waals surface area (Å²) in [5.41, 5.74) is 5.90. The van der Waals surface area contributed by atoms with Gasteiger partial charge in [-0.1, -0.05) is 96.6 Å². The number of hydrogen-bond acceptors (Lipinski definition) is 1. The molecule has 0 saturated carbocycles. The Balaban J connectivity index is 1.32. The van der Waals surface area contributed by atoms with Crippen LogP contribution in [0, 0.1) is 6.92 Å². The fraction of sp³-hybridized carbons (Fsp3) is 0.0323. The van der Waals surface area contributed by atoms with E-state index >= 15 is 0 Å². The molecule has 6 aromatic carbocycles. The Morgan fingerprint density at radius 1 is 0.531 bits per heavy atom. The molecule has 1 heteroatoms. The number of nitrogens with one attached hydrogen (secondary N) is 1. The average molecular weight is 410 g/mol. The second-order valence-electron chi connectivity index (χ2n) is 8.46. The molecule has 0 saturated heterocycles. The van der Waals surface area contributed by atoms with E-state index in [-0.39, 0.29) is 0 Å². The van der Waals surface area contributed by atoms with E-state index in [4.69, 9.17) is 0 Å². The maximum atomic E-state index is 3.46. The molecule has 32 heavy (non-hydrogen) atoms. The van der Waals surface area contributed by atoms with Gasteiger partial charge < -0.3 is 5.32 Å². The van der Waals surface area contributed by atoms with Crippen LogP contribution in [0.1, 0.15) is 16.7 Å². The summed E-state index contributed by atoms with van der Waals surface area (Å²) < 4.78 is 0. The zero-order valence-electron chi connectivity index (χ0n) is 18.0. The van der Waals surface area contributed by atoms with Crippen molar-refractivity contribution in [3.8, 4) is 0 Å². The van der Waals surface area contributed by atoms with Crippen LogP contribution in [-0.4, -0.2) is 0 Å². The van der Waals surface area contributed by atoms with Crippen LogP contribution < -0.4 is 5.32 Å². The fourth-order valence-electron chi connectivity index (χ4n) is 4.57. The predicted octanol–water partition coefficient (Wildman–Crippen LogP) is 8.81. The van der Waals surface area contributed by atoms with Gasteiger partial charge in [0.1, 0.15) is 0 Å². The zero-order valence-corrected chi connectivity index (χ0v) is 18.0. The third kappa shape index (κ3) is 3.29. The first kappa shape index (κ1) is 18.7. The van der Waals surface area contributed by atoms with Gasteiger partial charge in [-0.25, -0.2) is 0 Å². The quantitative estimate of drug-likeness (QED) is 0.226. The molecule has 1 nitrogen and oxygen atoms in total. The number of rotatable bonds is 4. The highest BCUT2D eigenvalue weighted by atomic mass is 14.9. The molecule has 0 heterocycles. The predicted molar refractivity (Wildman–Crippen MR) is 140 cm³/mol. The minimum atomic E-state index is 1.09. The van der Waals surface area contributed by atoms with Crippen LogP contribution in [0.5, 0.6) is 0 Å². The molecule has 0 unspecified atom stereocenters. The topological polar surface area (TPSA) is 12.0 Å². The minimum absolute atomic E-state index is 1.09. The van der Waals surface area contributed by atoms with Crippen molar-refractivity contribution in [1.29, 1.82) is 0 Å². The highest BCUT2D eigenvalue weighted by Gasteiger charge is 2.09. The van der Waals surface area contributed by atoms with Crippen LogP contribution in [0.15, 0.2) is 103 Å². The van der Waals surface area contributed by atoms with Gasteiger partial charge in [0, 0.05) is 11.4 Å². The summed E-state index contributed by atoms with van der Waals surface area (Å²) in [6.45, 7) is 2.10. The SMILES string of the molecule is Cc1ccc(Nc2ccc(C=Cc3ccc4ccc5cccc6ccc3c4c56)cc2)cc1. The van der Waals surface area contributed by atoms with Crippen LogP contribution in [0.2, 0.25) is 0 Å². The second kappa shape index (κ2) is 7.55. The van der Waals surface area contributed by atoms with Gasteiger partial charge >= 0.3 is 0 Å². The van der Waals surface area contributed by atoms with E-state index in [1.54, 1.807) is 0 Å². The first-order chi connectivity index (χ1) is 15.7. The largest absolute Gasteiger partial charge is 0.356 e. The smallest absolute Gasteiger partial charge is 0.0384 e. The molecule has 0 atom stereocenters. The van der Waals surface area contributed by atoms with Gasteiger partial charge in [-0.15, -0.1) is 0 Å². The normalized spacial score (nSPS) is 11.8. The van der Waals surface area contributed by atoms with Crippen molar-refractivity contribution in [2.75, 3.05) is 5.32 Å². The first-order valence-electron chi connectivity index (χ1n) is 11.0. The Bertz CT molecular complexity index is 1560. The maximum absolute atomic E-state index is 3.46. The van der Waals surface area contributed by atoms with Crippen molar-refractivity contribution >= 4 is 55.8 Å². The number of benzene rings is 6. The molecule has 1 N–H and O–H groups in total. The van der Waals surface area contributed by atoms with Crippen LogP contribution in [0.4, 0.5) is 11.4 Å². The average Bonchev–Trinajstić information content (AvgIpc) is 2.84. The van der Waals surface area contributed by atoms with E-state index in [0.29, 0.717) is 0 Å². The van der Waals surface area contributed by atoms with Gasteiger partial charge in [0.2, 0.25) is 0 Å². The third-order valence-corrected chi connectivity index (χ3v) is 6.27. The highest BCUT2D eigenvalue weighted by Crippen LogP contribution is 2.36. The summed E-state index contributed by atoms with van der Waals surface area (Å²) in [6.07, 6.45) is 4.43. The molecule has 152 valence electrons. The van der Waals surface area contributed by atoms with Crippen molar-refractivity contribution in [3.05, 3.63) is 120 Å². The lowest BCUT2D eigenvalue weighted by Gasteiger charge is -2.12. The van der Waals surface area contributed by atoms with Gasteiger partial charge in [0.25, 0.3) is 0 Å². The van der Waals surface area contributed by atoms with Crippen molar-refractivity contribution in [3.63, 3.8) is 0 Å². The van der Waals surface area contributed by atoms with E-state index in [0.717, 1.165) is 11.4 Å². The summed E-state index contributed by atoms with van der Waals surface area (Å²) in [7, 11) is 0. The van der Waals surface area contributed by atoms with E-state index < -0.39 is 0 Å². The molecule has 0 fully saturated rings. The Morgan fingerprint density at radius 3 is 1.84 bits per heavy atom. The summed E-state index contributed by atoms with van der Waals surface area (Å²) in [4.78, 5) is 0. The van der Waals surface area contributed by atoms with E-state index in [1.807, 2.05) is 0 Å². The summed E-state index contributed by atoms with van der Waals surface area (Å²) in [5, 5.41) is 11.4. The Labute approximate surface area is 188 Å². The molecule has 0 radical (unpaired) electrons. The number of aryl methyl sites for hydroxylation is 1. The monoisotopic (exact) mass is 409 g/mol. The molecule has 0 amide bonds. The zero-order chi connectivity index (χ0) is 21.5. The van der Waals surface area contributed by atoms with Crippen molar-refractivity contribution < 1.29 is 0 Å². The lowest BCUT2D eigenvalue weighted by atomic mass is 9.92. The van der Waals surface area contributed by atoms with Gasteiger partial charge in [-0.05, 0) is 74.6 Å². The molecule has 0 aliphatic carbocycles. The standard InChI is InChI=1S/C31H23N/c1-21-5-16-27(17-6-21)32-28-18-8-22(9-19-28)7-10-23-11-12-26-14-13-24-3-2-4-25-15-20-29(23)31(26)30(24)25/h2-20,32H,1H3. The Hall–Kier alpha value is -4.10. The molecule has 0 aliphatic rings. The van der Waals surface area contributed by atoms with Crippen molar-refractivity contribution in [2.45, 2.75) is 6.92 Å². The van der Waals surface area contributed by atoms with Crippen LogP contribution >= 0.6 is 0 Å². The summed E-state index contributed by atoms with van der Waals surface area (Å²) >= 11 is 0. The molecule has 6 rings (SSSR count). The van der Waals surface area contributed by atoms with Crippen molar-refractivity contribution in [2.24, 2.45) is 0 Å². The highest BCUT2D eigenvalue weighted by molar-refractivity contribution is 6.24. The van der Waals surface area contributed by atoms with Gasteiger partial charge in [-0.2, -0.15) is 0 Å². The number of anilines is 2. The Morgan fingerprint density at radius 2 is 1.12 bits per heavy atom. The molecule has 0 aliphatic heterocycles. The Kier molecular flexibility index (Phi) is 4.40. The lowest BCUT2D eigenvalue weighted by Crippen LogP contribution is -1.89. The molecule has 0 spiro atoms. The van der Waals surface area contributed by atoms with E-state index in [1.165, 1.54) is 49.0 Å². The first-order valence-corrected chi connectivity index (χ1v) is 11.0. The van der Waals surface area contributed by atoms with Crippen LogP contribution in [-0.2, 0) is 0 Å². The van der Waals surface area contributed by atoms with Crippen LogP contribution in [0.3, 0.4) is 0 Å². The van der Waals surface area contributed by atoms with Gasteiger partial charge in [0.05, 0.1) is 0 Å². The minimum Gasteiger partial charge on any atom is -0.356 e. The molecular weight excluding hydrogens is 386 g/mol. The van der Waals surface area contributed by atoms with E-state index in [2.05, 4.69) is 128 Å². The third-order valence-electron chi connectivity index (χ3n) is 6.27. The molecule has 0 bridgehead atoms. The van der Waals surface area contributed by atoms with Gasteiger partial charge in [-0.3, -0.25) is 0 Å². The maximum Gasteiger partial charge on any atom is 0.0384 e.